The fourth-order valence-electron chi connectivity index (χ4n) is 8.46. The molecule has 0 N–H and O–H groups in total. The molecule has 2 aliphatic carbocycles. The predicted molar refractivity (Wildman–Crippen MR) is 249 cm³/mol. The molecule has 0 radical (unpaired) electrons. The maximum Gasteiger partial charge on any atom is 0.160 e. The molecular formula is C56H40N2O. The number of hydrogen-bond acceptors (Lipinski definition) is 2. The van der Waals surface area contributed by atoms with Crippen molar-refractivity contribution in [2.45, 2.75) is 13.3 Å². The summed E-state index contributed by atoms with van der Waals surface area (Å²) in [6.45, 7) is 6.19. The van der Waals surface area contributed by atoms with Crippen LogP contribution in [0.2, 0.25) is 0 Å². The Bertz CT molecular complexity index is 3160. The van der Waals surface area contributed by atoms with E-state index in [0.29, 0.717) is 17.5 Å². The number of aliphatic imine (C=N–C) groups is 2. The molecule has 0 spiro atoms. The van der Waals surface area contributed by atoms with Crippen molar-refractivity contribution in [1.82, 2.24) is 0 Å². The van der Waals surface area contributed by atoms with Crippen LogP contribution in [-0.4, -0.2) is 11.5 Å². The van der Waals surface area contributed by atoms with E-state index in [4.69, 9.17) is 14.4 Å². The molecule has 10 rings (SSSR count). The Labute approximate surface area is 344 Å². The number of benzene rings is 7. The van der Waals surface area contributed by atoms with Crippen molar-refractivity contribution in [3.63, 3.8) is 0 Å². The van der Waals surface area contributed by atoms with Crippen molar-refractivity contribution in [3.8, 4) is 22.3 Å². The molecule has 0 aliphatic heterocycles. The summed E-state index contributed by atoms with van der Waals surface area (Å²) in [7, 11) is 0. The molecule has 1 aromatic heterocycles. The zero-order chi connectivity index (χ0) is 39.7. The molecule has 0 amide bonds. The van der Waals surface area contributed by atoms with Gasteiger partial charge >= 0.3 is 0 Å². The van der Waals surface area contributed by atoms with E-state index in [1.807, 2.05) is 31.2 Å². The largest absolute Gasteiger partial charge is 0.455 e. The Balaban J connectivity index is 1.09. The Hall–Kier alpha value is -7.58. The first-order valence-electron chi connectivity index (χ1n) is 20.1. The summed E-state index contributed by atoms with van der Waals surface area (Å²) in [6, 6.07) is 54.9. The molecule has 7 aromatic carbocycles. The van der Waals surface area contributed by atoms with Gasteiger partial charge in [0.2, 0.25) is 0 Å². The van der Waals surface area contributed by atoms with Crippen LogP contribution in [0.5, 0.6) is 0 Å². The molecule has 3 heteroatoms. The van der Waals surface area contributed by atoms with Gasteiger partial charge in [0.25, 0.3) is 0 Å². The third-order valence-corrected chi connectivity index (χ3v) is 11.5. The molecule has 59 heavy (non-hydrogen) atoms. The fraction of sp³-hybridized carbons (Fsp3) is 0.0536. The smallest absolute Gasteiger partial charge is 0.160 e. The average molecular weight is 757 g/mol. The molecule has 2 aliphatic rings. The highest BCUT2D eigenvalue weighted by Gasteiger charge is 2.21. The van der Waals surface area contributed by atoms with E-state index in [1.54, 1.807) is 0 Å². The highest BCUT2D eigenvalue weighted by Crippen LogP contribution is 2.42. The number of fused-ring (bicyclic) bond motifs is 6. The summed E-state index contributed by atoms with van der Waals surface area (Å²) < 4.78 is 6.89. The van der Waals surface area contributed by atoms with Crippen LogP contribution in [-0.2, 0) is 0 Å². The summed E-state index contributed by atoms with van der Waals surface area (Å²) in [5.41, 5.74) is 17.4. The number of rotatable bonds is 7. The fourth-order valence-corrected chi connectivity index (χ4v) is 8.46. The number of allylic oxidation sites excluding steroid dienone is 8. The molecule has 1 unspecified atom stereocenters. The van der Waals surface area contributed by atoms with E-state index >= 15 is 0 Å². The second kappa shape index (κ2) is 15.4. The molecular weight excluding hydrogens is 717 g/mol. The van der Waals surface area contributed by atoms with E-state index in [2.05, 4.69) is 182 Å². The van der Waals surface area contributed by atoms with Crippen LogP contribution in [0, 0.1) is 5.92 Å². The molecule has 0 fully saturated rings. The molecule has 1 heterocycles. The summed E-state index contributed by atoms with van der Waals surface area (Å²) in [5, 5.41) is 4.26. The maximum atomic E-state index is 6.89. The second-order valence-corrected chi connectivity index (χ2v) is 15.1. The summed E-state index contributed by atoms with van der Waals surface area (Å²) in [5.74, 6) is 1.01. The molecule has 280 valence electrons. The van der Waals surface area contributed by atoms with Crippen LogP contribution < -0.4 is 0 Å². The van der Waals surface area contributed by atoms with Gasteiger partial charge in [-0.1, -0.05) is 189 Å². The standard InChI is InChI=1S/C56H40N2O/c1-3-52(58-56(57-37(2)38-16-6-4-7-17-38)46-23-14-22-44(35-46)39-18-8-5-9-19-39)51-36-53-54(49-25-13-12-24-48(49)51)50-27-15-26-47(55(50)59-53)42-31-28-41(29-32-42)45-33-30-40-20-10-11-21-43(40)34-45/h4-33,35-36,43H,1,34H2,2H3. The minimum absolute atomic E-state index is 0.439. The number of furan rings is 1. The summed E-state index contributed by atoms with van der Waals surface area (Å²) >= 11 is 0. The van der Waals surface area contributed by atoms with Crippen LogP contribution in [0.4, 0.5) is 0 Å². The van der Waals surface area contributed by atoms with Crippen molar-refractivity contribution in [2.24, 2.45) is 15.9 Å². The van der Waals surface area contributed by atoms with E-state index in [1.165, 1.54) is 16.7 Å². The highest BCUT2D eigenvalue weighted by molar-refractivity contribution is 6.23. The van der Waals surface area contributed by atoms with Gasteiger partial charge in [0.15, 0.2) is 5.84 Å². The van der Waals surface area contributed by atoms with Crippen molar-refractivity contribution >= 4 is 55.5 Å². The van der Waals surface area contributed by atoms with Gasteiger partial charge in [-0.15, -0.1) is 5.73 Å². The second-order valence-electron chi connectivity index (χ2n) is 15.1. The summed E-state index contributed by atoms with van der Waals surface area (Å²) in [4.78, 5) is 10.5. The van der Waals surface area contributed by atoms with Crippen molar-refractivity contribution in [1.29, 1.82) is 0 Å². The normalized spacial score (nSPS) is 15.2. The van der Waals surface area contributed by atoms with Gasteiger partial charge in [0.05, 0.1) is 0 Å². The van der Waals surface area contributed by atoms with Crippen LogP contribution in [0.1, 0.15) is 35.6 Å². The topological polar surface area (TPSA) is 37.9 Å². The zero-order valence-corrected chi connectivity index (χ0v) is 32.8. The Morgan fingerprint density at radius 1 is 0.627 bits per heavy atom. The number of amidine groups is 1. The molecule has 3 nitrogen and oxygen atoms in total. The Morgan fingerprint density at radius 3 is 2.14 bits per heavy atom. The highest BCUT2D eigenvalue weighted by atomic mass is 16.3. The zero-order valence-electron chi connectivity index (χ0n) is 32.8. The van der Waals surface area contributed by atoms with E-state index in [-0.39, 0.29) is 0 Å². The third-order valence-electron chi connectivity index (χ3n) is 11.5. The average Bonchev–Trinajstić information content (AvgIpc) is 3.70. The van der Waals surface area contributed by atoms with Crippen LogP contribution in [0.15, 0.2) is 226 Å². The Kier molecular flexibility index (Phi) is 9.35. The minimum atomic E-state index is 0.439. The molecule has 0 saturated carbocycles. The first kappa shape index (κ1) is 35.8. The van der Waals surface area contributed by atoms with Crippen molar-refractivity contribution in [2.75, 3.05) is 0 Å². The van der Waals surface area contributed by atoms with Gasteiger partial charge < -0.3 is 4.42 Å². The molecule has 8 aromatic rings. The lowest BCUT2D eigenvalue weighted by molar-refractivity contribution is 0.670. The molecule has 0 bridgehead atoms. The van der Waals surface area contributed by atoms with Gasteiger partial charge in [0, 0.05) is 39.1 Å². The first-order valence-corrected chi connectivity index (χ1v) is 20.1. The number of nitrogens with zero attached hydrogens (tertiary/aromatic N) is 2. The third kappa shape index (κ3) is 6.84. The predicted octanol–water partition coefficient (Wildman–Crippen LogP) is 14.6. The maximum absolute atomic E-state index is 6.89. The Morgan fingerprint density at radius 2 is 1.32 bits per heavy atom. The van der Waals surface area contributed by atoms with E-state index < -0.39 is 0 Å². The van der Waals surface area contributed by atoms with Crippen molar-refractivity contribution in [3.05, 3.63) is 234 Å². The van der Waals surface area contributed by atoms with Crippen LogP contribution in [0.25, 0.3) is 66.2 Å². The molecule has 0 saturated heterocycles. The number of hydrogen-bond donors (Lipinski definition) is 0. The quantitative estimate of drug-likeness (QED) is 0.0906. The van der Waals surface area contributed by atoms with Crippen LogP contribution in [0.3, 0.4) is 0 Å². The van der Waals surface area contributed by atoms with Gasteiger partial charge in [-0.25, -0.2) is 9.98 Å². The first-order chi connectivity index (χ1) is 29.1. The SMILES string of the molecule is C=C=C(N=C(N=C(C)c1ccccc1)c1cccc(-c2ccccc2)c1)c1cc2oc3c(-c4ccc(C5=CC=C6C=CC=CC6C5)cc4)cccc3c2c2ccccc12. The lowest BCUT2D eigenvalue weighted by Gasteiger charge is -2.22. The lowest BCUT2D eigenvalue weighted by Crippen LogP contribution is -2.06. The van der Waals surface area contributed by atoms with Gasteiger partial charge in [-0.05, 0) is 75.2 Å². The van der Waals surface area contributed by atoms with Crippen molar-refractivity contribution < 1.29 is 4.42 Å². The number of para-hydroxylation sites is 1. The van der Waals surface area contributed by atoms with Gasteiger partial charge in [0.1, 0.15) is 16.9 Å². The summed E-state index contributed by atoms with van der Waals surface area (Å²) in [6.07, 6.45) is 14.3. The lowest BCUT2D eigenvalue weighted by atomic mass is 9.82. The molecule has 1 atom stereocenters. The van der Waals surface area contributed by atoms with E-state index in [0.717, 1.165) is 83.8 Å². The van der Waals surface area contributed by atoms with Crippen LogP contribution >= 0.6 is 0 Å². The minimum Gasteiger partial charge on any atom is -0.455 e. The van der Waals surface area contributed by atoms with E-state index in [9.17, 15) is 0 Å². The van der Waals surface area contributed by atoms with Gasteiger partial charge in [-0.2, -0.15) is 0 Å². The monoisotopic (exact) mass is 756 g/mol. The van der Waals surface area contributed by atoms with Gasteiger partial charge in [-0.3, -0.25) is 0 Å².